The fraction of sp³-hybridized carbons (Fsp3) is 0.500. The Morgan fingerprint density at radius 3 is 2.35 bits per heavy atom. The van der Waals surface area contributed by atoms with Crippen LogP contribution >= 0.6 is 0 Å². The van der Waals surface area contributed by atoms with Crippen molar-refractivity contribution in [2.45, 2.75) is 18.2 Å². The van der Waals surface area contributed by atoms with Crippen molar-refractivity contribution < 1.29 is 13.3 Å². The molecule has 0 aliphatic carbocycles. The maximum Gasteiger partial charge on any atom is 0.243 e. The Hall–Kier alpha value is -1.42. The zero-order valence-electron chi connectivity index (χ0n) is 11.7. The van der Waals surface area contributed by atoms with Crippen LogP contribution in [0.25, 0.3) is 0 Å². The number of quaternary nitrogens is 1. The minimum atomic E-state index is -3.41. The van der Waals surface area contributed by atoms with E-state index >= 15 is 0 Å². The largest absolute Gasteiger partial charge is 0.333 e. The molecule has 0 bridgehead atoms. The molecule has 1 N–H and O–H groups in total. The fourth-order valence-electron chi connectivity index (χ4n) is 2.50. The number of hydrogen-bond acceptors (Lipinski definition) is 3. The number of nitriles is 1. The highest BCUT2D eigenvalue weighted by Gasteiger charge is 2.29. The van der Waals surface area contributed by atoms with Crippen LogP contribution in [0.1, 0.15) is 18.9 Å². The van der Waals surface area contributed by atoms with Crippen molar-refractivity contribution in [1.82, 2.24) is 4.31 Å². The van der Waals surface area contributed by atoms with Gasteiger partial charge in [0, 0.05) is 0 Å². The van der Waals surface area contributed by atoms with Crippen molar-refractivity contribution in [3.63, 3.8) is 0 Å². The first-order valence-corrected chi connectivity index (χ1v) is 8.36. The zero-order valence-corrected chi connectivity index (χ0v) is 12.5. The summed E-state index contributed by atoms with van der Waals surface area (Å²) in [5.41, 5.74) is 0.473. The van der Waals surface area contributed by atoms with Gasteiger partial charge < -0.3 is 4.90 Å². The number of rotatable bonds is 4. The van der Waals surface area contributed by atoms with Crippen LogP contribution in [0.3, 0.4) is 0 Å². The van der Waals surface area contributed by atoms with Gasteiger partial charge in [0.2, 0.25) is 10.0 Å². The number of sulfonamides is 1. The molecule has 1 aromatic carbocycles. The summed E-state index contributed by atoms with van der Waals surface area (Å²) in [6, 6.07) is 8.11. The SMILES string of the molecule is CCC[NH+]1CCN(S(=O)(=O)c2ccc(C#N)cc2)CC1. The van der Waals surface area contributed by atoms with Crippen LogP contribution < -0.4 is 4.90 Å². The zero-order chi connectivity index (χ0) is 14.6. The van der Waals surface area contributed by atoms with Gasteiger partial charge in [0.15, 0.2) is 0 Å². The van der Waals surface area contributed by atoms with E-state index in [0.717, 1.165) is 26.1 Å². The lowest BCUT2D eigenvalue weighted by atomic mass is 10.2. The van der Waals surface area contributed by atoms with Gasteiger partial charge in [-0.15, -0.1) is 0 Å². The molecule has 1 aliphatic heterocycles. The highest BCUT2D eigenvalue weighted by Crippen LogP contribution is 2.16. The summed E-state index contributed by atoms with van der Waals surface area (Å²) >= 11 is 0. The summed E-state index contributed by atoms with van der Waals surface area (Å²) in [6.45, 7) is 6.11. The Labute approximate surface area is 120 Å². The van der Waals surface area contributed by atoms with Gasteiger partial charge >= 0.3 is 0 Å². The topological polar surface area (TPSA) is 65.6 Å². The second-order valence-corrected chi connectivity index (χ2v) is 6.98. The van der Waals surface area contributed by atoms with Crippen molar-refractivity contribution in [2.75, 3.05) is 32.7 Å². The molecule has 0 aromatic heterocycles. The molecular formula is C14H20N3O2S+. The first-order valence-electron chi connectivity index (χ1n) is 6.92. The highest BCUT2D eigenvalue weighted by atomic mass is 32.2. The Morgan fingerprint density at radius 1 is 1.25 bits per heavy atom. The van der Waals surface area contributed by atoms with Crippen LogP contribution in [0.4, 0.5) is 0 Å². The van der Waals surface area contributed by atoms with Gasteiger partial charge in [-0.05, 0) is 30.7 Å². The molecule has 0 amide bonds. The van der Waals surface area contributed by atoms with Crippen LogP contribution in [0, 0.1) is 11.3 Å². The van der Waals surface area contributed by atoms with Crippen LogP contribution in [-0.4, -0.2) is 45.4 Å². The molecule has 1 fully saturated rings. The van der Waals surface area contributed by atoms with Crippen molar-refractivity contribution >= 4 is 10.0 Å². The van der Waals surface area contributed by atoms with Gasteiger partial charge in [0.05, 0.1) is 49.3 Å². The number of nitrogens with one attached hydrogen (secondary N) is 1. The van der Waals surface area contributed by atoms with Crippen molar-refractivity contribution in [3.8, 4) is 6.07 Å². The summed E-state index contributed by atoms with van der Waals surface area (Å²) in [5, 5.41) is 8.75. The standard InChI is InChI=1S/C14H19N3O2S/c1-2-7-16-8-10-17(11-9-16)20(18,19)14-5-3-13(12-15)4-6-14/h3-6H,2,7-11H2,1H3/p+1. The summed E-state index contributed by atoms with van der Waals surface area (Å²) < 4.78 is 26.5. The van der Waals surface area contributed by atoms with E-state index in [1.807, 2.05) is 6.07 Å². The second kappa shape index (κ2) is 6.35. The van der Waals surface area contributed by atoms with E-state index in [2.05, 4.69) is 6.92 Å². The summed E-state index contributed by atoms with van der Waals surface area (Å²) in [6.07, 6.45) is 1.12. The molecule has 0 unspecified atom stereocenters. The Balaban J connectivity index is 2.09. The molecule has 1 heterocycles. The Bertz CT molecular complexity index is 582. The van der Waals surface area contributed by atoms with Crippen LogP contribution in [0.15, 0.2) is 29.2 Å². The van der Waals surface area contributed by atoms with Gasteiger partial charge in [-0.1, -0.05) is 6.92 Å². The minimum absolute atomic E-state index is 0.274. The highest BCUT2D eigenvalue weighted by molar-refractivity contribution is 7.89. The third-order valence-corrected chi connectivity index (χ3v) is 5.57. The van der Waals surface area contributed by atoms with E-state index in [9.17, 15) is 8.42 Å². The summed E-state index contributed by atoms with van der Waals surface area (Å²) in [7, 11) is -3.41. The quantitative estimate of drug-likeness (QED) is 0.840. The van der Waals surface area contributed by atoms with Crippen molar-refractivity contribution in [2.24, 2.45) is 0 Å². The van der Waals surface area contributed by atoms with E-state index in [-0.39, 0.29) is 4.90 Å². The molecule has 1 saturated heterocycles. The van der Waals surface area contributed by atoms with Crippen molar-refractivity contribution in [3.05, 3.63) is 29.8 Å². The van der Waals surface area contributed by atoms with Gasteiger partial charge in [0.25, 0.3) is 0 Å². The lowest BCUT2D eigenvalue weighted by Crippen LogP contribution is -3.14. The Kier molecular flexibility index (Phi) is 4.76. The second-order valence-electron chi connectivity index (χ2n) is 5.04. The van der Waals surface area contributed by atoms with E-state index in [1.54, 1.807) is 16.4 Å². The molecule has 0 radical (unpaired) electrons. The van der Waals surface area contributed by atoms with Crippen molar-refractivity contribution in [1.29, 1.82) is 5.26 Å². The lowest BCUT2D eigenvalue weighted by molar-refractivity contribution is -0.903. The van der Waals surface area contributed by atoms with Gasteiger partial charge in [0.1, 0.15) is 0 Å². The lowest BCUT2D eigenvalue weighted by Gasteiger charge is -2.31. The summed E-state index contributed by atoms with van der Waals surface area (Å²) in [4.78, 5) is 1.74. The number of nitrogens with zero attached hydrogens (tertiary/aromatic N) is 2. The molecule has 2 rings (SSSR count). The van der Waals surface area contributed by atoms with E-state index in [0.29, 0.717) is 18.7 Å². The molecule has 1 aliphatic rings. The normalized spacial score (nSPS) is 17.8. The maximum atomic E-state index is 12.5. The predicted octanol–water partition coefficient (Wildman–Crippen LogP) is -0.143. The molecule has 0 atom stereocenters. The smallest absolute Gasteiger partial charge is 0.243 e. The first kappa shape index (κ1) is 15.0. The fourth-order valence-corrected chi connectivity index (χ4v) is 3.94. The van der Waals surface area contributed by atoms with Crippen LogP contribution in [0.5, 0.6) is 0 Å². The monoisotopic (exact) mass is 294 g/mol. The van der Waals surface area contributed by atoms with E-state index < -0.39 is 10.0 Å². The molecule has 6 heteroatoms. The van der Waals surface area contributed by atoms with Crippen LogP contribution in [0.2, 0.25) is 0 Å². The predicted molar refractivity (Wildman–Crippen MR) is 75.8 cm³/mol. The minimum Gasteiger partial charge on any atom is -0.333 e. The summed E-state index contributed by atoms with van der Waals surface area (Å²) in [5.74, 6) is 0. The Morgan fingerprint density at radius 2 is 1.85 bits per heavy atom. The third kappa shape index (κ3) is 3.18. The molecule has 0 spiro atoms. The first-order chi connectivity index (χ1) is 9.57. The van der Waals surface area contributed by atoms with E-state index in [4.69, 9.17) is 5.26 Å². The third-order valence-electron chi connectivity index (χ3n) is 3.65. The molecule has 0 saturated carbocycles. The molecule has 5 nitrogen and oxygen atoms in total. The molecule has 1 aromatic rings. The van der Waals surface area contributed by atoms with Gasteiger partial charge in [-0.3, -0.25) is 0 Å². The molecular weight excluding hydrogens is 274 g/mol. The molecule has 20 heavy (non-hydrogen) atoms. The number of hydrogen-bond donors (Lipinski definition) is 1. The van der Waals surface area contributed by atoms with Gasteiger partial charge in [-0.2, -0.15) is 9.57 Å². The number of benzene rings is 1. The average Bonchev–Trinajstić information content (AvgIpc) is 2.48. The molecule has 108 valence electrons. The number of piperazine rings is 1. The maximum absolute atomic E-state index is 12.5. The average molecular weight is 294 g/mol. The van der Waals surface area contributed by atoms with E-state index in [1.165, 1.54) is 17.0 Å². The van der Waals surface area contributed by atoms with Crippen LogP contribution in [-0.2, 0) is 10.0 Å². The van der Waals surface area contributed by atoms with Gasteiger partial charge in [-0.25, -0.2) is 8.42 Å².